The van der Waals surface area contributed by atoms with Crippen molar-refractivity contribution >= 4 is 11.7 Å². The van der Waals surface area contributed by atoms with Gasteiger partial charge in [0.1, 0.15) is 11.3 Å². The topological polar surface area (TPSA) is 61.8 Å². The number of rotatable bonds is 5. The molecule has 5 heteroatoms. The highest BCUT2D eigenvalue weighted by Gasteiger charge is 2.45. The Kier molecular flexibility index (Phi) is 4.18. The second kappa shape index (κ2) is 5.71. The number of ether oxygens (including phenoxy) is 1. The largest absolute Gasteiger partial charge is 0.497 e. The Bertz CT molecular complexity index is 490. The summed E-state index contributed by atoms with van der Waals surface area (Å²) in [6, 6.07) is 7.73. The molecular weight excluding hydrogens is 256 g/mol. The van der Waals surface area contributed by atoms with Gasteiger partial charge in [-0.15, -0.1) is 0 Å². The van der Waals surface area contributed by atoms with Crippen LogP contribution in [0.5, 0.6) is 5.75 Å². The van der Waals surface area contributed by atoms with E-state index in [4.69, 9.17) is 4.74 Å². The van der Waals surface area contributed by atoms with Crippen molar-refractivity contribution < 1.29 is 14.6 Å². The number of likely N-dealkylation sites (tertiary alicyclic amines) is 1. The number of hydrogen-bond acceptors (Lipinski definition) is 4. The Labute approximate surface area is 119 Å². The molecule has 2 rings (SSSR count). The Morgan fingerprint density at radius 2 is 2.25 bits per heavy atom. The highest BCUT2D eigenvalue weighted by Crippen LogP contribution is 2.29. The van der Waals surface area contributed by atoms with Crippen LogP contribution in [-0.2, 0) is 4.79 Å². The minimum atomic E-state index is -0.920. The molecule has 1 aliphatic heterocycles. The van der Waals surface area contributed by atoms with Crippen LogP contribution in [-0.4, -0.2) is 47.8 Å². The molecule has 1 aromatic carbocycles. The first-order valence-electron chi connectivity index (χ1n) is 6.86. The molecule has 1 aromatic rings. The number of carboxylic acid groups (broad SMARTS) is 1. The second-order valence-electron chi connectivity index (χ2n) is 5.56. The van der Waals surface area contributed by atoms with Gasteiger partial charge in [0.05, 0.1) is 7.11 Å². The molecule has 1 unspecified atom stereocenters. The zero-order valence-corrected chi connectivity index (χ0v) is 12.2. The first-order chi connectivity index (χ1) is 9.47. The summed E-state index contributed by atoms with van der Waals surface area (Å²) in [6.07, 6.45) is 0.595. The van der Waals surface area contributed by atoms with Crippen molar-refractivity contribution in [3.05, 3.63) is 24.3 Å². The molecule has 0 amide bonds. The van der Waals surface area contributed by atoms with E-state index in [2.05, 4.69) is 24.1 Å². The first-order valence-corrected chi connectivity index (χ1v) is 6.86. The quantitative estimate of drug-likeness (QED) is 0.863. The maximum Gasteiger partial charge on any atom is 0.330 e. The van der Waals surface area contributed by atoms with Crippen LogP contribution in [0.25, 0.3) is 0 Å². The minimum absolute atomic E-state index is 0.350. The number of carbonyl (C=O) groups is 1. The van der Waals surface area contributed by atoms with Crippen molar-refractivity contribution in [1.82, 2.24) is 4.90 Å². The number of carboxylic acids is 1. The Hall–Kier alpha value is -1.75. The zero-order valence-electron chi connectivity index (χ0n) is 12.2. The lowest BCUT2D eigenvalue weighted by molar-refractivity contribution is -0.141. The predicted octanol–water partition coefficient (Wildman–Crippen LogP) is 2.04. The smallest absolute Gasteiger partial charge is 0.330 e. The maximum absolute atomic E-state index is 11.7. The van der Waals surface area contributed by atoms with Gasteiger partial charge in [0, 0.05) is 30.9 Å². The first kappa shape index (κ1) is 14.7. The summed E-state index contributed by atoms with van der Waals surface area (Å²) in [6.45, 7) is 5.48. The predicted molar refractivity (Wildman–Crippen MR) is 78.3 cm³/mol. The van der Waals surface area contributed by atoms with E-state index in [-0.39, 0.29) is 0 Å². The zero-order chi connectivity index (χ0) is 14.8. The highest BCUT2D eigenvalue weighted by molar-refractivity contribution is 5.83. The SMILES string of the molecule is COc1cccc(NC2(C(=O)O)CCN(C(C)C)C2)c1. The van der Waals surface area contributed by atoms with Gasteiger partial charge in [-0.05, 0) is 32.4 Å². The van der Waals surface area contributed by atoms with E-state index in [1.54, 1.807) is 7.11 Å². The summed E-state index contributed by atoms with van der Waals surface area (Å²) in [7, 11) is 1.60. The van der Waals surface area contributed by atoms with Crippen molar-refractivity contribution in [2.45, 2.75) is 31.8 Å². The summed E-state index contributed by atoms with van der Waals surface area (Å²) < 4.78 is 5.17. The standard InChI is InChI=1S/C15H22N2O3/c1-11(2)17-8-7-15(10-17,14(18)19)16-12-5-4-6-13(9-12)20-3/h4-6,9,11,16H,7-8,10H2,1-3H3,(H,18,19). The van der Waals surface area contributed by atoms with Crippen LogP contribution in [0.4, 0.5) is 5.69 Å². The number of hydrogen-bond donors (Lipinski definition) is 2. The molecule has 110 valence electrons. The fourth-order valence-corrected chi connectivity index (χ4v) is 2.59. The molecule has 0 aliphatic carbocycles. The monoisotopic (exact) mass is 278 g/mol. The molecule has 1 fully saturated rings. The van der Waals surface area contributed by atoms with E-state index < -0.39 is 11.5 Å². The molecule has 0 spiro atoms. The van der Waals surface area contributed by atoms with Gasteiger partial charge in [-0.1, -0.05) is 6.07 Å². The van der Waals surface area contributed by atoms with E-state index >= 15 is 0 Å². The van der Waals surface area contributed by atoms with E-state index in [0.717, 1.165) is 12.2 Å². The molecule has 20 heavy (non-hydrogen) atoms. The van der Waals surface area contributed by atoms with Gasteiger partial charge < -0.3 is 15.2 Å². The molecule has 1 atom stereocenters. The number of benzene rings is 1. The van der Waals surface area contributed by atoms with E-state index in [9.17, 15) is 9.90 Å². The lowest BCUT2D eigenvalue weighted by atomic mass is 9.98. The Balaban J connectivity index is 2.20. The van der Waals surface area contributed by atoms with Crippen LogP contribution in [0, 0.1) is 0 Å². The van der Waals surface area contributed by atoms with Crippen molar-refractivity contribution in [2.24, 2.45) is 0 Å². The number of nitrogens with zero attached hydrogens (tertiary/aromatic N) is 1. The van der Waals surface area contributed by atoms with Gasteiger partial charge in [0.2, 0.25) is 0 Å². The molecule has 0 radical (unpaired) electrons. The van der Waals surface area contributed by atoms with E-state index in [0.29, 0.717) is 24.8 Å². The van der Waals surface area contributed by atoms with E-state index in [1.165, 1.54) is 0 Å². The van der Waals surface area contributed by atoms with E-state index in [1.807, 2.05) is 24.3 Å². The third-order valence-corrected chi connectivity index (χ3v) is 3.89. The van der Waals surface area contributed by atoms with Crippen molar-refractivity contribution in [3.63, 3.8) is 0 Å². The molecule has 0 aromatic heterocycles. The fraction of sp³-hybridized carbons (Fsp3) is 0.533. The third kappa shape index (κ3) is 2.88. The van der Waals surface area contributed by atoms with Crippen LogP contribution < -0.4 is 10.1 Å². The van der Waals surface area contributed by atoms with Crippen LogP contribution in [0.3, 0.4) is 0 Å². The van der Waals surface area contributed by atoms with Crippen molar-refractivity contribution in [1.29, 1.82) is 0 Å². The number of anilines is 1. The van der Waals surface area contributed by atoms with Crippen LogP contribution in [0.1, 0.15) is 20.3 Å². The van der Waals surface area contributed by atoms with Gasteiger partial charge in [0.15, 0.2) is 0 Å². The number of nitrogens with one attached hydrogen (secondary N) is 1. The van der Waals surface area contributed by atoms with Crippen molar-refractivity contribution in [3.8, 4) is 5.75 Å². The Morgan fingerprint density at radius 3 is 2.80 bits per heavy atom. The highest BCUT2D eigenvalue weighted by atomic mass is 16.5. The van der Waals surface area contributed by atoms with Crippen LogP contribution in [0.2, 0.25) is 0 Å². The van der Waals surface area contributed by atoms with Gasteiger partial charge in [-0.25, -0.2) is 4.79 Å². The van der Waals surface area contributed by atoms with Gasteiger partial charge in [-0.2, -0.15) is 0 Å². The van der Waals surface area contributed by atoms with Crippen LogP contribution >= 0.6 is 0 Å². The molecular formula is C15H22N2O3. The average Bonchev–Trinajstić information content (AvgIpc) is 2.85. The molecule has 5 nitrogen and oxygen atoms in total. The lowest BCUT2D eigenvalue weighted by Gasteiger charge is -2.28. The normalized spacial score (nSPS) is 23.0. The lowest BCUT2D eigenvalue weighted by Crippen LogP contribution is -2.49. The van der Waals surface area contributed by atoms with Crippen molar-refractivity contribution in [2.75, 3.05) is 25.5 Å². The molecule has 0 bridgehead atoms. The van der Waals surface area contributed by atoms with Gasteiger partial charge in [0.25, 0.3) is 0 Å². The van der Waals surface area contributed by atoms with Gasteiger partial charge >= 0.3 is 5.97 Å². The van der Waals surface area contributed by atoms with Gasteiger partial charge in [-0.3, -0.25) is 4.90 Å². The number of methoxy groups -OCH3 is 1. The maximum atomic E-state index is 11.7. The minimum Gasteiger partial charge on any atom is -0.497 e. The molecule has 0 saturated carbocycles. The summed E-state index contributed by atoms with van der Waals surface area (Å²) in [5.41, 5.74) is -0.145. The summed E-state index contributed by atoms with van der Waals surface area (Å²) in [4.78, 5) is 13.9. The molecule has 2 N–H and O–H groups in total. The average molecular weight is 278 g/mol. The third-order valence-electron chi connectivity index (χ3n) is 3.89. The van der Waals surface area contributed by atoms with Crippen LogP contribution in [0.15, 0.2) is 24.3 Å². The molecule has 1 heterocycles. The summed E-state index contributed by atoms with van der Waals surface area (Å²) in [5.74, 6) is -0.0854. The summed E-state index contributed by atoms with van der Waals surface area (Å²) >= 11 is 0. The molecule has 1 aliphatic rings. The number of aliphatic carboxylic acids is 1. The second-order valence-corrected chi connectivity index (χ2v) is 5.56. The Morgan fingerprint density at radius 1 is 1.50 bits per heavy atom. The molecule has 1 saturated heterocycles. The summed E-state index contributed by atoms with van der Waals surface area (Å²) in [5, 5.41) is 12.8. The fourth-order valence-electron chi connectivity index (χ4n) is 2.59.